The first-order valence-corrected chi connectivity index (χ1v) is 7.97. The average molecular weight is 320 g/mol. The van der Waals surface area contributed by atoms with Crippen molar-refractivity contribution >= 4 is 12.0 Å². The summed E-state index contributed by atoms with van der Waals surface area (Å²) >= 11 is 0. The van der Waals surface area contributed by atoms with E-state index in [-0.39, 0.29) is 17.9 Å². The minimum atomic E-state index is -0.222. The molecule has 1 aromatic carbocycles. The molecular formula is C17H24N2O4. The number of urea groups is 1. The highest BCUT2D eigenvalue weighted by Crippen LogP contribution is 2.19. The number of para-hydroxylation sites is 1. The Kier molecular flexibility index (Phi) is 6.26. The standard InChI is InChI=1S/C17H24N2O4/c1-3-23-16(20)14-8-6-10-19(12-14)17(21)18-11-13-7-4-5-9-15(13)22-2/h4-5,7,9,14H,3,6,8,10-12H2,1-2H3,(H,18,21). The van der Waals surface area contributed by atoms with E-state index >= 15 is 0 Å². The number of nitrogens with one attached hydrogen (secondary N) is 1. The van der Waals surface area contributed by atoms with E-state index < -0.39 is 0 Å². The molecule has 0 spiro atoms. The van der Waals surface area contributed by atoms with Gasteiger partial charge in [-0.05, 0) is 25.8 Å². The zero-order valence-electron chi connectivity index (χ0n) is 13.7. The molecule has 1 aromatic rings. The second-order valence-corrected chi connectivity index (χ2v) is 5.51. The summed E-state index contributed by atoms with van der Waals surface area (Å²) in [6.07, 6.45) is 1.58. The Morgan fingerprint density at radius 1 is 1.35 bits per heavy atom. The normalized spacial score (nSPS) is 17.5. The third kappa shape index (κ3) is 4.61. The molecule has 1 fully saturated rings. The van der Waals surface area contributed by atoms with Crippen LogP contribution in [0.1, 0.15) is 25.3 Å². The van der Waals surface area contributed by atoms with E-state index in [1.807, 2.05) is 24.3 Å². The molecule has 126 valence electrons. The summed E-state index contributed by atoms with van der Waals surface area (Å²) in [6.45, 7) is 3.63. The van der Waals surface area contributed by atoms with E-state index in [2.05, 4.69) is 5.32 Å². The number of rotatable bonds is 5. The molecule has 1 heterocycles. The molecule has 1 N–H and O–H groups in total. The minimum Gasteiger partial charge on any atom is -0.496 e. The van der Waals surface area contributed by atoms with Crippen molar-refractivity contribution in [3.8, 4) is 5.75 Å². The molecule has 2 amide bonds. The van der Waals surface area contributed by atoms with Crippen LogP contribution in [0.15, 0.2) is 24.3 Å². The Balaban J connectivity index is 1.89. The lowest BCUT2D eigenvalue weighted by Gasteiger charge is -2.31. The third-order valence-electron chi connectivity index (χ3n) is 3.95. The fraction of sp³-hybridized carbons (Fsp3) is 0.529. The molecule has 1 saturated heterocycles. The lowest BCUT2D eigenvalue weighted by molar-refractivity contribution is -0.149. The fourth-order valence-corrected chi connectivity index (χ4v) is 2.75. The largest absolute Gasteiger partial charge is 0.496 e. The molecule has 1 atom stereocenters. The van der Waals surface area contributed by atoms with Gasteiger partial charge in [-0.25, -0.2) is 4.79 Å². The molecule has 1 aliphatic heterocycles. The molecule has 23 heavy (non-hydrogen) atoms. The van der Waals surface area contributed by atoms with E-state index in [1.165, 1.54) is 0 Å². The monoisotopic (exact) mass is 320 g/mol. The van der Waals surface area contributed by atoms with E-state index in [4.69, 9.17) is 9.47 Å². The summed E-state index contributed by atoms with van der Waals surface area (Å²) in [5.41, 5.74) is 0.919. The van der Waals surface area contributed by atoms with Crippen molar-refractivity contribution in [2.24, 2.45) is 5.92 Å². The van der Waals surface area contributed by atoms with Crippen LogP contribution in [0.4, 0.5) is 4.79 Å². The predicted molar refractivity (Wildman–Crippen MR) is 86.2 cm³/mol. The summed E-state index contributed by atoms with van der Waals surface area (Å²) in [4.78, 5) is 25.8. The summed E-state index contributed by atoms with van der Waals surface area (Å²) < 4.78 is 10.3. The van der Waals surface area contributed by atoms with Crippen LogP contribution in [0.5, 0.6) is 5.75 Å². The van der Waals surface area contributed by atoms with Gasteiger partial charge in [0.15, 0.2) is 0 Å². The van der Waals surface area contributed by atoms with Crippen LogP contribution in [0, 0.1) is 5.92 Å². The molecule has 2 rings (SSSR count). The van der Waals surface area contributed by atoms with Gasteiger partial charge in [0.2, 0.25) is 0 Å². The molecule has 6 nitrogen and oxygen atoms in total. The molecule has 0 saturated carbocycles. The first-order chi connectivity index (χ1) is 11.2. The molecule has 1 aliphatic rings. The van der Waals surface area contributed by atoms with Gasteiger partial charge in [0, 0.05) is 25.2 Å². The average Bonchev–Trinajstić information content (AvgIpc) is 2.60. The zero-order chi connectivity index (χ0) is 16.7. The highest BCUT2D eigenvalue weighted by atomic mass is 16.5. The maximum Gasteiger partial charge on any atom is 0.317 e. The summed E-state index contributed by atoms with van der Waals surface area (Å²) in [5, 5.41) is 2.89. The Morgan fingerprint density at radius 2 is 2.13 bits per heavy atom. The van der Waals surface area contributed by atoms with Crippen LogP contribution in [0.3, 0.4) is 0 Å². The van der Waals surface area contributed by atoms with Crippen molar-refractivity contribution in [2.45, 2.75) is 26.3 Å². The Morgan fingerprint density at radius 3 is 2.87 bits per heavy atom. The van der Waals surface area contributed by atoms with Crippen molar-refractivity contribution in [1.82, 2.24) is 10.2 Å². The molecule has 0 aliphatic carbocycles. The second kappa shape index (κ2) is 8.41. The van der Waals surface area contributed by atoms with Crippen molar-refractivity contribution in [3.63, 3.8) is 0 Å². The molecule has 6 heteroatoms. The van der Waals surface area contributed by atoms with Gasteiger partial charge in [0.05, 0.1) is 19.6 Å². The quantitative estimate of drug-likeness (QED) is 0.844. The number of methoxy groups -OCH3 is 1. The van der Waals surface area contributed by atoms with Gasteiger partial charge in [0.25, 0.3) is 0 Å². The number of benzene rings is 1. The lowest BCUT2D eigenvalue weighted by Crippen LogP contribution is -2.47. The molecular weight excluding hydrogens is 296 g/mol. The molecule has 0 radical (unpaired) electrons. The van der Waals surface area contributed by atoms with Crippen molar-refractivity contribution in [3.05, 3.63) is 29.8 Å². The van der Waals surface area contributed by atoms with Gasteiger partial charge in [-0.1, -0.05) is 18.2 Å². The predicted octanol–water partition coefficient (Wildman–Crippen LogP) is 2.18. The Bertz CT molecular complexity index is 547. The molecule has 0 aromatic heterocycles. The van der Waals surface area contributed by atoms with E-state index in [9.17, 15) is 9.59 Å². The van der Waals surface area contributed by atoms with E-state index in [1.54, 1.807) is 18.9 Å². The van der Waals surface area contributed by atoms with Crippen LogP contribution in [-0.4, -0.2) is 43.7 Å². The second-order valence-electron chi connectivity index (χ2n) is 5.51. The minimum absolute atomic E-state index is 0.162. The van der Waals surface area contributed by atoms with Crippen molar-refractivity contribution in [2.75, 3.05) is 26.8 Å². The van der Waals surface area contributed by atoms with Crippen LogP contribution in [0.2, 0.25) is 0 Å². The number of carbonyl (C=O) groups excluding carboxylic acids is 2. The maximum atomic E-state index is 12.3. The number of carbonyl (C=O) groups is 2. The summed E-state index contributed by atoms with van der Waals surface area (Å²) in [5.74, 6) is 0.311. The third-order valence-corrected chi connectivity index (χ3v) is 3.95. The Hall–Kier alpha value is -2.24. The highest BCUT2D eigenvalue weighted by Gasteiger charge is 2.29. The smallest absolute Gasteiger partial charge is 0.317 e. The molecule has 0 bridgehead atoms. The fourth-order valence-electron chi connectivity index (χ4n) is 2.75. The van der Waals surface area contributed by atoms with E-state index in [0.717, 1.165) is 24.2 Å². The summed E-state index contributed by atoms with van der Waals surface area (Å²) in [6, 6.07) is 7.40. The first-order valence-electron chi connectivity index (χ1n) is 7.97. The number of hydrogen-bond donors (Lipinski definition) is 1. The number of likely N-dealkylation sites (tertiary alicyclic amines) is 1. The summed E-state index contributed by atoms with van der Waals surface area (Å²) in [7, 11) is 1.61. The van der Waals surface area contributed by atoms with Crippen LogP contribution in [-0.2, 0) is 16.1 Å². The van der Waals surface area contributed by atoms with Gasteiger partial charge in [-0.15, -0.1) is 0 Å². The number of nitrogens with zero attached hydrogens (tertiary/aromatic N) is 1. The number of piperidine rings is 1. The molecule has 1 unspecified atom stereocenters. The van der Waals surface area contributed by atoms with Gasteiger partial charge in [0.1, 0.15) is 5.75 Å². The zero-order valence-corrected chi connectivity index (χ0v) is 13.7. The topological polar surface area (TPSA) is 67.9 Å². The number of esters is 1. The number of hydrogen-bond acceptors (Lipinski definition) is 4. The van der Waals surface area contributed by atoms with Gasteiger partial charge in [-0.3, -0.25) is 4.79 Å². The van der Waals surface area contributed by atoms with Crippen LogP contribution >= 0.6 is 0 Å². The SMILES string of the molecule is CCOC(=O)C1CCCN(C(=O)NCc2ccccc2OC)C1. The highest BCUT2D eigenvalue weighted by molar-refractivity contribution is 5.77. The van der Waals surface area contributed by atoms with Crippen LogP contribution < -0.4 is 10.1 Å². The Labute approximate surface area is 136 Å². The maximum absolute atomic E-state index is 12.3. The van der Waals surface area contributed by atoms with Gasteiger partial charge in [-0.2, -0.15) is 0 Å². The number of amides is 2. The van der Waals surface area contributed by atoms with Crippen LogP contribution in [0.25, 0.3) is 0 Å². The number of ether oxygens (including phenoxy) is 2. The van der Waals surface area contributed by atoms with Crippen molar-refractivity contribution < 1.29 is 19.1 Å². The first kappa shape index (κ1) is 17.1. The lowest BCUT2D eigenvalue weighted by atomic mass is 9.98. The van der Waals surface area contributed by atoms with Gasteiger partial charge < -0.3 is 19.7 Å². The van der Waals surface area contributed by atoms with Gasteiger partial charge >= 0.3 is 12.0 Å². The van der Waals surface area contributed by atoms with E-state index in [0.29, 0.717) is 26.2 Å². The van der Waals surface area contributed by atoms with Crippen molar-refractivity contribution in [1.29, 1.82) is 0 Å².